The van der Waals surface area contributed by atoms with Crippen LogP contribution in [0.15, 0.2) is 34.9 Å². The van der Waals surface area contributed by atoms with E-state index < -0.39 is 0 Å². The smallest absolute Gasteiger partial charge is 0.0438 e. The number of allylic oxidation sites excluding steroid dienone is 5. The van der Waals surface area contributed by atoms with Crippen molar-refractivity contribution < 1.29 is 5.11 Å². The first-order chi connectivity index (χ1) is 9.56. The van der Waals surface area contributed by atoms with Gasteiger partial charge in [-0.15, -0.1) is 0 Å². The zero-order valence-corrected chi connectivity index (χ0v) is 14.6. The summed E-state index contributed by atoms with van der Waals surface area (Å²) >= 11 is 1.90. The monoisotopic (exact) mass is 296 g/mol. The molecular formula is C18H32OS. The highest BCUT2D eigenvalue weighted by atomic mass is 32.2. The fourth-order valence-electron chi connectivity index (χ4n) is 1.79. The van der Waals surface area contributed by atoms with Crippen molar-refractivity contribution >= 4 is 11.8 Å². The standard InChI is InChI=1S/C18H32OS/c1-16(2)8-5-9-17(3)10-6-11-18(4)12-15-20-14-7-13-19/h8,10,12,19H,5-7,9,11,13-15H2,1-4H3. The maximum absolute atomic E-state index is 8.70. The molecule has 0 unspecified atom stereocenters. The Morgan fingerprint density at radius 1 is 0.900 bits per heavy atom. The van der Waals surface area contributed by atoms with Gasteiger partial charge < -0.3 is 5.11 Å². The minimum atomic E-state index is 0.312. The van der Waals surface area contributed by atoms with Gasteiger partial charge in [-0.05, 0) is 65.6 Å². The number of aliphatic hydroxyl groups excluding tert-OH is 1. The maximum atomic E-state index is 8.70. The lowest BCUT2D eigenvalue weighted by molar-refractivity contribution is 0.296. The van der Waals surface area contributed by atoms with E-state index in [1.807, 2.05) is 11.8 Å². The molecule has 0 aliphatic carbocycles. The molecule has 0 aliphatic rings. The molecule has 1 N–H and O–H groups in total. The quantitative estimate of drug-likeness (QED) is 0.400. The first-order valence-electron chi connectivity index (χ1n) is 7.69. The third-order valence-corrected chi connectivity index (χ3v) is 4.10. The van der Waals surface area contributed by atoms with Gasteiger partial charge in [0.2, 0.25) is 0 Å². The molecule has 0 saturated carbocycles. The Labute approximate surface area is 130 Å². The third kappa shape index (κ3) is 14.0. The van der Waals surface area contributed by atoms with Gasteiger partial charge in [0.1, 0.15) is 0 Å². The zero-order chi connectivity index (χ0) is 15.2. The lowest BCUT2D eigenvalue weighted by Crippen LogP contribution is -1.87. The second kappa shape index (κ2) is 13.5. The van der Waals surface area contributed by atoms with E-state index in [1.165, 1.54) is 36.0 Å². The second-order valence-corrected chi connectivity index (χ2v) is 6.76. The Kier molecular flexibility index (Phi) is 13.2. The van der Waals surface area contributed by atoms with E-state index in [0.29, 0.717) is 6.61 Å². The molecule has 0 fully saturated rings. The van der Waals surface area contributed by atoms with Crippen molar-refractivity contribution in [2.75, 3.05) is 18.1 Å². The van der Waals surface area contributed by atoms with Crippen molar-refractivity contribution in [3.05, 3.63) is 34.9 Å². The van der Waals surface area contributed by atoms with E-state index in [-0.39, 0.29) is 0 Å². The van der Waals surface area contributed by atoms with E-state index in [2.05, 4.69) is 45.9 Å². The van der Waals surface area contributed by atoms with Gasteiger partial charge in [-0.2, -0.15) is 11.8 Å². The van der Waals surface area contributed by atoms with Crippen LogP contribution in [0.4, 0.5) is 0 Å². The van der Waals surface area contributed by atoms with Gasteiger partial charge in [-0.25, -0.2) is 0 Å². The van der Waals surface area contributed by atoms with Gasteiger partial charge in [-0.1, -0.05) is 34.9 Å². The van der Waals surface area contributed by atoms with E-state index in [1.54, 1.807) is 0 Å². The molecule has 0 heterocycles. The average molecular weight is 297 g/mol. The van der Waals surface area contributed by atoms with Crippen LogP contribution in [-0.2, 0) is 0 Å². The Hall–Kier alpha value is -0.470. The molecule has 1 nitrogen and oxygen atoms in total. The highest BCUT2D eigenvalue weighted by Crippen LogP contribution is 2.12. The Balaban J connectivity index is 3.74. The molecule has 0 radical (unpaired) electrons. The molecule has 0 saturated heterocycles. The van der Waals surface area contributed by atoms with Gasteiger partial charge in [0, 0.05) is 12.4 Å². The van der Waals surface area contributed by atoms with Crippen LogP contribution in [0.3, 0.4) is 0 Å². The highest BCUT2D eigenvalue weighted by molar-refractivity contribution is 7.99. The summed E-state index contributed by atoms with van der Waals surface area (Å²) in [6, 6.07) is 0. The molecule has 0 aromatic heterocycles. The van der Waals surface area contributed by atoms with Crippen molar-refractivity contribution in [3.8, 4) is 0 Å². The molecule has 0 amide bonds. The summed E-state index contributed by atoms with van der Waals surface area (Å²) in [4.78, 5) is 0. The Bertz CT molecular complexity index is 322. The van der Waals surface area contributed by atoms with Crippen molar-refractivity contribution in [1.82, 2.24) is 0 Å². The zero-order valence-electron chi connectivity index (χ0n) is 13.7. The summed E-state index contributed by atoms with van der Waals surface area (Å²) in [6.45, 7) is 9.09. The molecule has 0 rings (SSSR count). The summed E-state index contributed by atoms with van der Waals surface area (Å²) in [5.74, 6) is 2.14. The van der Waals surface area contributed by atoms with Crippen LogP contribution < -0.4 is 0 Å². The topological polar surface area (TPSA) is 20.2 Å². The minimum Gasteiger partial charge on any atom is -0.396 e. The fourth-order valence-corrected chi connectivity index (χ4v) is 2.69. The number of aliphatic hydroxyl groups is 1. The van der Waals surface area contributed by atoms with Gasteiger partial charge in [-0.3, -0.25) is 0 Å². The van der Waals surface area contributed by atoms with Crippen LogP contribution in [-0.4, -0.2) is 23.2 Å². The molecule has 0 bridgehead atoms. The van der Waals surface area contributed by atoms with Gasteiger partial charge in [0.15, 0.2) is 0 Å². The summed E-state index contributed by atoms with van der Waals surface area (Å²) < 4.78 is 0. The van der Waals surface area contributed by atoms with Crippen molar-refractivity contribution in [1.29, 1.82) is 0 Å². The number of hydrogen-bond acceptors (Lipinski definition) is 2. The van der Waals surface area contributed by atoms with E-state index in [0.717, 1.165) is 24.3 Å². The molecule has 0 aliphatic heterocycles. The lowest BCUT2D eigenvalue weighted by Gasteiger charge is -2.02. The molecular weight excluding hydrogens is 264 g/mol. The molecule has 116 valence electrons. The van der Waals surface area contributed by atoms with E-state index in [4.69, 9.17) is 5.11 Å². The van der Waals surface area contributed by atoms with Crippen LogP contribution in [0.1, 0.15) is 59.8 Å². The highest BCUT2D eigenvalue weighted by Gasteiger charge is 1.92. The summed E-state index contributed by atoms with van der Waals surface area (Å²) in [5, 5.41) is 8.70. The average Bonchev–Trinajstić information content (AvgIpc) is 2.38. The number of hydrogen-bond donors (Lipinski definition) is 1. The lowest BCUT2D eigenvalue weighted by atomic mass is 10.1. The fraction of sp³-hybridized carbons (Fsp3) is 0.667. The first kappa shape index (κ1) is 19.5. The molecule has 0 aromatic rings. The van der Waals surface area contributed by atoms with E-state index >= 15 is 0 Å². The molecule has 2 heteroatoms. The molecule has 0 spiro atoms. The summed E-state index contributed by atoms with van der Waals surface area (Å²) in [7, 11) is 0. The second-order valence-electron chi connectivity index (χ2n) is 5.61. The van der Waals surface area contributed by atoms with Crippen molar-refractivity contribution in [3.63, 3.8) is 0 Å². The van der Waals surface area contributed by atoms with Crippen molar-refractivity contribution in [2.45, 2.75) is 59.8 Å². The molecule has 0 atom stereocenters. The minimum absolute atomic E-state index is 0.312. The Morgan fingerprint density at radius 2 is 1.50 bits per heavy atom. The van der Waals surface area contributed by atoms with E-state index in [9.17, 15) is 0 Å². The summed E-state index contributed by atoms with van der Waals surface area (Å²) in [6.07, 6.45) is 12.6. The SMILES string of the molecule is CC(C)=CCCC(C)=CCCC(C)=CCSCCCO. The largest absolute Gasteiger partial charge is 0.396 e. The van der Waals surface area contributed by atoms with Crippen molar-refractivity contribution in [2.24, 2.45) is 0 Å². The predicted molar refractivity (Wildman–Crippen MR) is 94.4 cm³/mol. The van der Waals surface area contributed by atoms with Crippen LogP contribution in [0.5, 0.6) is 0 Å². The van der Waals surface area contributed by atoms with Gasteiger partial charge >= 0.3 is 0 Å². The van der Waals surface area contributed by atoms with Crippen LogP contribution in [0.2, 0.25) is 0 Å². The van der Waals surface area contributed by atoms with Crippen LogP contribution >= 0.6 is 11.8 Å². The Morgan fingerprint density at radius 3 is 2.10 bits per heavy atom. The maximum Gasteiger partial charge on any atom is 0.0438 e. The van der Waals surface area contributed by atoms with Gasteiger partial charge in [0.05, 0.1) is 0 Å². The third-order valence-electron chi connectivity index (χ3n) is 3.12. The number of rotatable bonds is 11. The predicted octanol–water partition coefficient (Wildman–Crippen LogP) is 5.52. The normalized spacial score (nSPS) is 12.7. The summed E-state index contributed by atoms with van der Waals surface area (Å²) in [5.41, 5.74) is 4.40. The van der Waals surface area contributed by atoms with Gasteiger partial charge in [0.25, 0.3) is 0 Å². The first-order valence-corrected chi connectivity index (χ1v) is 8.85. The van der Waals surface area contributed by atoms with Crippen LogP contribution in [0, 0.1) is 0 Å². The molecule has 0 aromatic carbocycles. The number of thioether (sulfide) groups is 1. The molecule has 20 heavy (non-hydrogen) atoms. The van der Waals surface area contributed by atoms with Crippen LogP contribution in [0.25, 0.3) is 0 Å².